The lowest BCUT2D eigenvalue weighted by molar-refractivity contribution is 0.293. The summed E-state index contributed by atoms with van der Waals surface area (Å²) in [5.41, 5.74) is 15.3. The minimum atomic E-state index is 0.378. The molecule has 2 nitrogen and oxygen atoms in total. The van der Waals surface area contributed by atoms with E-state index in [1.807, 2.05) is 0 Å². The van der Waals surface area contributed by atoms with Gasteiger partial charge in [0.1, 0.15) is 0 Å². The minimum Gasteiger partial charge on any atom is -0.357 e. The molecule has 0 saturated carbocycles. The summed E-state index contributed by atoms with van der Waals surface area (Å²) in [6, 6.07) is 10.6. The normalized spacial score (nSPS) is 33.3. The van der Waals surface area contributed by atoms with Gasteiger partial charge in [-0.2, -0.15) is 0 Å². The Hall–Kier alpha value is -4.82. The van der Waals surface area contributed by atoms with Gasteiger partial charge >= 0.3 is 0 Å². The van der Waals surface area contributed by atoms with Crippen LogP contribution in [0.3, 0.4) is 0 Å². The van der Waals surface area contributed by atoms with Gasteiger partial charge in [0.15, 0.2) is 0 Å². The molecular weight excluding hydrogens is 701 g/mol. The molecule has 0 spiro atoms. The van der Waals surface area contributed by atoms with Crippen molar-refractivity contribution in [2.45, 2.75) is 114 Å². The number of hydrogen-bond donors (Lipinski definition) is 0. The van der Waals surface area contributed by atoms with Crippen LogP contribution >= 0.6 is 0 Å². The molecule has 1 aromatic rings. The lowest BCUT2D eigenvalue weighted by Crippen LogP contribution is -2.41. The van der Waals surface area contributed by atoms with Gasteiger partial charge in [0.25, 0.3) is 0 Å². The summed E-state index contributed by atoms with van der Waals surface area (Å²) in [4.78, 5) is 5.65. The minimum absolute atomic E-state index is 0.378. The molecule has 2 heteroatoms. The number of nitrogens with zero attached hydrogens (tertiary/aromatic N) is 2. The number of hydrogen-bond acceptors (Lipinski definition) is 2. The molecule has 58 heavy (non-hydrogen) atoms. The van der Waals surface area contributed by atoms with Gasteiger partial charge in [-0.05, 0) is 147 Å². The Labute approximate surface area is 347 Å². The molecule has 0 aromatic heterocycles. The molecule has 1 heterocycles. The topological polar surface area (TPSA) is 6.48 Å². The Bertz CT molecular complexity index is 2260. The highest BCUT2D eigenvalue weighted by molar-refractivity contribution is 5.66. The predicted octanol–water partition coefficient (Wildman–Crippen LogP) is 13.7. The molecule has 1 aromatic carbocycles. The first-order valence-electron chi connectivity index (χ1n) is 23.1. The molecule has 10 aliphatic rings. The summed E-state index contributed by atoms with van der Waals surface area (Å²) in [5, 5.41) is 0. The van der Waals surface area contributed by atoms with E-state index in [0.29, 0.717) is 47.7 Å². The molecule has 1 aliphatic heterocycles. The summed E-state index contributed by atoms with van der Waals surface area (Å²) in [5.74, 6) is 2.70. The molecule has 0 amide bonds. The van der Waals surface area contributed by atoms with E-state index in [1.165, 1.54) is 73.9 Å². The van der Waals surface area contributed by atoms with Gasteiger partial charge in [-0.3, -0.25) is 0 Å². The van der Waals surface area contributed by atoms with Crippen LogP contribution in [-0.4, -0.2) is 23.0 Å². The zero-order valence-electron chi connectivity index (χ0n) is 34.3. The van der Waals surface area contributed by atoms with Crippen LogP contribution < -0.4 is 4.90 Å². The maximum atomic E-state index is 2.84. The Morgan fingerprint density at radius 1 is 0.603 bits per heavy atom. The number of allylic oxidation sites excluding steroid dienone is 22. The summed E-state index contributed by atoms with van der Waals surface area (Å²) in [6.45, 7) is 0. The largest absolute Gasteiger partial charge is 0.357 e. The van der Waals surface area contributed by atoms with Crippen molar-refractivity contribution in [3.63, 3.8) is 0 Å². The molecule has 1 saturated heterocycles. The van der Waals surface area contributed by atoms with Gasteiger partial charge in [0, 0.05) is 40.8 Å². The highest BCUT2D eigenvalue weighted by Crippen LogP contribution is 2.51. The summed E-state index contributed by atoms with van der Waals surface area (Å²) >= 11 is 0. The fourth-order valence-electron chi connectivity index (χ4n) is 12.4. The van der Waals surface area contributed by atoms with E-state index in [4.69, 9.17) is 0 Å². The van der Waals surface area contributed by atoms with Crippen molar-refractivity contribution in [3.8, 4) is 0 Å². The van der Waals surface area contributed by atoms with Gasteiger partial charge in [-0.15, -0.1) is 0 Å². The Kier molecular flexibility index (Phi) is 9.85. The monoisotopic (exact) mass is 760 g/mol. The van der Waals surface area contributed by atoms with Crippen molar-refractivity contribution in [1.29, 1.82) is 0 Å². The zero-order chi connectivity index (χ0) is 38.4. The smallest absolute Gasteiger partial charge is 0.0620 e. The average Bonchev–Trinajstić information content (AvgIpc) is 3.65. The SMILES string of the molecule is C1=CCCC(C2=CC=C(N(C3=CCC(C4=CC5=CCCCC5C=C4)CC3)C3C=CC(c4ccccc4N4C5C=CC=CC5C5C=CC6=CCCC=C6C54)CC3)CC2)=C1. The van der Waals surface area contributed by atoms with Gasteiger partial charge < -0.3 is 9.80 Å². The molecule has 11 rings (SSSR count). The summed E-state index contributed by atoms with van der Waals surface area (Å²) in [6.07, 6.45) is 66.1. The molecule has 294 valence electrons. The van der Waals surface area contributed by atoms with Crippen molar-refractivity contribution < 1.29 is 0 Å². The average molecular weight is 761 g/mol. The molecule has 9 aliphatic carbocycles. The first-order chi connectivity index (χ1) is 28.8. The molecule has 8 unspecified atom stereocenters. The Balaban J connectivity index is 0.892. The van der Waals surface area contributed by atoms with Crippen LogP contribution in [0.2, 0.25) is 0 Å². The Morgan fingerprint density at radius 3 is 2.40 bits per heavy atom. The van der Waals surface area contributed by atoms with E-state index in [0.717, 1.165) is 38.5 Å². The highest BCUT2D eigenvalue weighted by Gasteiger charge is 2.50. The maximum Gasteiger partial charge on any atom is 0.0620 e. The van der Waals surface area contributed by atoms with Crippen LogP contribution in [0.25, 0.3) is 0 Å². The van der Waals surface area contributed by atoms with Gasteiger partial charge in [-0.25, -0.2) is 0 Å². The molecule has 1 fully saturated rings. The van der Waals surface area contributed by atoms with E-state index in [-0.39, 0.29) is 0 Å². The second-order valence-corrected chi connectivity index (χ2v) is 18.5. The molecule has 0 radical (unpaired) electrons. The fraction of sp³-hybridized carbons (Fsp3) is 0.393. The number of fused-ring (bicyclic) bond motifs is 6. The third-order valence-corrected chi connectivity index (χ3v) is 15.3. The first kappa shape index (κ1) is 36.3. The predicted molar refractivity (Wildman–Crippen MR) is 243 cm³/mol. The van der Waals surface area contributed by atoms with E-state index in [9.17, 15) is 0 Å². The number of benzene rings is 1. The van der Waals surface area contributed by atoms with Crippen LogP contribution in [0.1, 0.15) is 101 Å². The first-order valence-corrected chi connectivity index (χ1v) is 23.1. The highest BCUT2D eigenvalue weighted by atomic mass is 15.2. The summed E-state index contributed by atoms with van der Waals surface area (Å²) < 4.78 is 0. The second kappa shape index (κ2) is 15.7. The molecular formula is C56H60N2. The van der Waals surface area contributed by atoms with Crippen molar-refractivity contribution >= 4 is 5.69 Å². The van der Waals surface area contributed by atoms with Gasteiger partial charge in [0.2, 0.25) is 0 Å². The van der Waals surface area contributed by atoms with Crippen LogP contribution in [0.5, 0.6) is 0 Å². The number of anilines is 1. The van der Waals surface area contributed by atoms with E-state index >= 15 is 0 Å². The van der Waals surface area contributed by atoms with Crippen molar-refractivity contribution in [1.82, 2.24) is 4.90 Å². The molecule has 8 atom stereocenters. The zero-order valence-corrected chi connectivity index (χ0v) is 34.3. The van der Waals surface area contributed by atoms with E-state index in [1.54, 1.807) is 33.6 Å². The van der Waals surface area contributed by atoms with Crippen molar-refractivity contribution in [2.75, 3.05) is 4.90 Å². The number of para-hydroxylation sites is 1. The molecule has 0 N–H and O–H groups in total. The van der Waals surface area contributed by atoms with E-state index in [2.05, 4.69) is 156 Å². The fourth-order valence-corrected chi connectivity index (χ4v) is 12.4. The Morgan fingerprint density at radius 2 is 1.53 bits per heavy atom. The second-order valence-electron chi connectivity index (χ2n) is 18.5. The van der Waals surface area contributed by atoms with Crippen LogP contribution in [0.4, 0.5) is 5.69 Å². The standard InChI is InChI=1S/C56H60N2/c1-2-12-39(13-3-1)41-24-31-47(32-25-41)57(48-33-26-42(27-34-48)46-23-22-40-14-4-5-16-45(40)38-46)49-35-28-44(29-36-49)50-17-8-10-20-54(50)58-55-21-11-9-19-52(55)53-37-30-43-15-6-7-18-51(43)56(53)58/h1-2,8-12,15-24,28,30-31,33,35,37-38,40,42,44,49,52-53,55-56H,3-7,13-14,25-27,29,32,34,36H2. The van der Waals surface area contributed by atoms with Crippen LogP contribution in [0, 0.1) is 23.7 Å². The van der Waals surface area contributed by atoms with Crippen LogP contribution in [-0.2, 0) is 0 Å². The lowest BCUT2D eigenvalue weighted by atomic mass is 9.76. The van der Waals surface area contributed by atoms with Crippen molar-refractivity contribution in [2.24, 2.45) is 23.7 Å². The quantitative estimate of drug-likeness (QED) is 0.255. The lowest BCUT2D eigenvalue weighted by Gasteiger charge is -2.42. The van der Waals surface area contributed by atoms with Gasteiger partial charge in [0.05, 0.1) is 18.1 Å². The van der Waals surface area contributed by atoms with E-state index < -0.39 is 0 Å². The number of rotatable bonds is 7. The van der Waals surface area contributed by atoms with Gasteiger partial charge in [-0.1, -0.05) is 134 Å². The van der Waals surface area contributed by atoms with Crippen molar-refractivity contribution in [3.05, 3.63) is 196 Å². The van der Waals surface area contributed by atoms with Crippen LogP contribution in [0.15, 0.2) is 191 Å². The summed E-state index contributed by atoms with van der Waals surface area (Å²) in [7, 11) is 0. The third kappa shape index (κ3) is 6.65. The third-order valence-electron chi connectivity index (χ3n) is 15.3. The molecule has 0 bridgehead atoms. The maximum absolute atomic E-state index is 2.84.